The van der Waals surface area contributed by atoms with Crippen molar-refractivity contribution in [3.8, 4) is 0 Å². The van der Waals surface area contributed by atoms with Crippen molar-refractivity contribution in [3.63, 3.8) is 0 Å². The Labute approximate surface area is 138 Å². The van der Waals surface area contributed by atoms with Crippen LogP contribution in [0.3, 0.4) is 0 Å². The third kappa shape index (κ3) is 4.79. The summed E-state index contributed by atoms with van der Waals surface area (Å²) < 4.78 is 11.2. The van der Waals surface area contributed by atoms with Crippen molar-refractivity contribution in [2.24, 2.45) is 11.8 Å². The molecule has 1 saturated carbocycles. The number of methoxy groups -OCH3 is 1. The number of amides is 1. The van der Waals surface area contributed by atoms with Gasteiger partial charge in [0, 0.05) is 32.7 Å². The van der Waals surface area contributed by atoms with Crippen molar-refractivity contribution in [1.29, 1.82) is 0 Å². The number of nitrogens with zero attached hydrogens (tertiary/aromatic N) is 1. The summed E-state index contributed by atoms with van der Waals surface area (Å²) in [4.78, 5) is 14.1. The van der Waals surface area contributed by atoms with Gasteiger partial charge in [0.05, 0.1) is 6.10 Å². The van der Waals surface area contributed by atoms with Crippen LogP contribution in [-0.2, 0) is 20.7 Å². The van der Waals surface area contributed by atoms with Gasteiger partial charge in [-0.15, -0.1) is 0 Å². The van der Waals surface area contributed by atoms with Crippen LogP contribution in [0.5, 0.6) is 0 Å². The maximum atomic E-state index is 12.1. The topological polar surface area (TPSA) is 38.8 Å². The molecule has 0 aromatic heterocycles. The van der Waals surface area contributed by atoms with Crippen molar-refractivity contribution in [1.82, 2.24) is 4.90 Å². The lowest BCUT2D eigenvalue weighted by Crippen LogP contribution is -2.48. The minimum Gasteiger partial charge on any atom is -0.377 e. The summed E-state index contributed by atoms with van der Waals surface area (Å²) in [6, 6.07) is 10.5. The fraction of sp³-hybridized carbons (Fsp3) is 0.632. The lowest BCUT2D eigenvalue weighted by molar-refractivity contribution is -0.140. The molecule has 4 nitrogen and oxygen atoms in total. The summed E-state index contributed by atoms with van der Waals surface area (Å²) in [5, 5.41) is 0. The summed E-state index contributed by atoms with van der Waals surface area (Å²) in [6.07, 6.45) is 4.79. The molecule has 1 aliphatic carbocycles. The van der Waals surface area contributed by atoms with Crippen LogP contribution in [0.2, 0.25) is 0 Å². The van der Waals surface area contributed by atoms with Gasteiger partial charge in [-0.3, -0.25) is 4.79 Å². The number of hydrogen-bond acceptors (Lipinski definition) is 3. The number of benzene rings is 1. The molecule has 1 aromatic carbocycles. The highest BCUT2D eigenvalue weighted by Crippen LogP contribution is 2.31. The number of rotatable bonds is 7. The Bertz CT molecular complexity index is 501. The first-order chi connectivity index (χ1) is 11.3. The zero-order valence-corrected chi connectivity index (χ0v) is 13.9. The fourth-order valence-electron chi connectivity index (χ4n) is 3.33. The van der Waals surface area contributed by atoms with Gasteiger partial charge >= 0.3 is 0 Å². The van der Waals surface area contributed by atoms with Crippen LogP contribution in [0.25, 0.3) is 0 Å². The number of hydrogen-bond donors (Lipinski definition) is 0. The van der Waals surface area contributed by atoms with Gasteiger partial charge in [0.15, 0.2) is 0 Å². The van der Waals surface area contributed by atoms with Gasteiger partial charge in [0.2, 0.25) is 5.91 Å². The number of ether oxygens (including phenoxy) is 2. The van der Waals surface area contributed by atoms with Gasteiger partial charge in [-0.05, 0) is 37.2 Å². The van der Waals surface area contributed by atoms with E-state index in [0.717, 1.165) is 38.5 Å². The first-order valence-corrected chi connectivity index (χ1v) is 8.68. The number of piperidine rings is 1. The molecule has 4 heteroatoms. The molecule has 2 aliphatic rings. The normalized spacial score (nSPS) is 24.7. The van der Waals surface area contributed by atoms with E-state index in [1.165, 1.54) is 18.4 Å². The molecule has 1 amide bonds. The molecule has 0 unspecified atom stereocenters. The standard InChI is InChI=1S/C19H27NO3/c1-22-14-19(21)20-10-9-18(23-13-16-7-8-16)17(12-20)11-15-5-3-2-4-6-15/h2-6,16-18H,7-14H2,1H3/t17-,18+/m1/s1. The van der Waals surface area contributed by atoms with Crippen LogP contribution in [0.4, 0.5) is 0 Å². The number of likely N-dealkylation sites (tertiary alicyclic amines) is 1. The average Bonchev–Trinajstić information content (AvgIpc) is 3.39. The molecule has 3 rings (SSSR count). The molecule has 0 N–H and O–H groups in total. The minimum atomic E-state index is 0.0891. The molecular weight excluding hydrogens is 290 g/mol. The predicted molar refractivity (Wildman–Crippen MR) is 89.2 cm³/mol. The van der Waals surface area contributed by atoms with Crippen LogP contribution in [0.15, 0.2) is 30.3 Å². The molecule has 0 spiro atoms. The maximum Gasteiger partial charge on any atom is 0.248 e. The second kappa shape index (κ2) is 7.93. The number of carbonyl (C=O) groups excluding carboxylic acids is 1. The highest BCUT2D eigenvalue weighted by atomic mass is 16.5. The van der Waals surface area contributed by atoms with Crippen molar-refractivity contribution in [3.05, 3.63) is 35.9 Å². The third-order valence-corrected chi connectivity index (χ3v) is 4.87. The summed E-state index contributed by atoms with van der Waals surface area (Å²) >= 11 is 0. The molecular formula is C19H27NO3. The van der Waals surface area contributed by atoms with Crippen molar-refractivity contribution in [2.45, 2.75) is 31.8 Å². The zero-order chi connectivity index (χ0) is 16.1. The van der Waals surface area contributed by atoms with Gasteiger partial charge in [-0.2, -0.15) is 0 Å². The van der Waals surface area contributed by atoms with Gasteiger partial charge in [-0.1, -0.05) is 30.3 Å². The first kappa shape index (κ1) is 16.5. The quantitative estimate of drug-likeness (QED) is 0.776. The Morgan fingerprint density at radius 1 is 1.22 bits per heavy atom. The van der Waals surface area contributed by atoms with Crippen LogP contribution in [0.1, 0.15) is 24.8 Å². The molecule has 0 bridgehead atoms. The Morgan fingerprint density at radius 2 is 2.00 bits per heavy atom. The minimum absolute atomic E-state index is 0.0891. The largest absolute Gasteiger partial charge is 0.377 e. The summed E-state index contributed by atoms with van der Waals surface area (Å²) in [5.41, 5.74) is 1.32. The van der Waals surface area contributed by atoms with E-state index in [0.29, 0.717) is 5.92 Å². The van der Waals surface area contributed by atoms with Gasteiger partial charge in [0.1, 0.15) is 6.61 Å². The Balaban J connectivity index is 1.62. The van der Waals surface area contributed by atoms with E-state index in [-0.39, 0.29) is 18.6 Å². The lowest BCUT2D eigenvalue weighted by Gasteiger charge is -2.38. The third-order valence-electron chi connectivity index (χ3n) is 4.87. The van der Waals surface area contributed by atoms with Gasteiger partial charge in [0.25, 0.3) is 0 Å². The number of carbonyl (C=O) groups is 1. The molecule has 1 saturated heterocycles. The highest BCUT2D eigenvalue weighted by Gasteiger charge is 2.33. The van der Waals surface area contributed by atoms with E-state index in [2.05, 4.69) is 24.3 Å². The van der Waals surface area contributed by atoms with Crippen LogP contribution in [0, 0.1) is 11.8 Å². The van der Waals surface area contributed by atoms with Crippen LogP contribution in [-0.4, -0.2) is 50.3 Å². The molecule has 23 heavy (non-hydrogen) atoms. The molecule has 1 heterocycles. The Kier molecular flexibility index (Phi) is 5.68. The van der Waals surface area contributed by atoms with Crippen LogP contribution >= 0.6 is 0 Å². The van der Waals surface area contributed by atoms with Crippen molar-refractivity contribution < 1.29 is 14.3 Å². The second-order valence-electron chi connectivity index (χ2n) is 6.83. The average molecular weight is 317 g/mol. The maximum absolute atomic E-state index is 12.1. The van der Waals surface area contributed by atoms with E-state index in [4.69, 9.17) is 9.47 Å². The SMILES string of the molecule is COCC(=O)N1CC[C@H](OCC2CC2)[C@H](Cc2ccccc2)C1. The molecule has 0 radical (unpaired) electrons. The van der Waals surface area contributed by atoms with Crippen molar-refractivity contribution >= 4 is 5.91 Å². The zero-order valence-electron chi connectivity index (χ0n) is 13.9. The van der Waals surface area contributed by atoms with E-state index >= 15 is 0 Å². The predicted octanol–water partition coefficient (Wildman–Crippen LogP) is 2.52. The summed E-state index contributed by atoms with van der Waals surface area (Å²) in [6.45, 7) is 2.61. The molecule has 2 atom stereocenters. The monoisotopic (exact) mass is 317 g/mol. The van der Waals surface area contributed by atoms with Gasteiger partial charge in [-0.25, -0.2) is 0 Å². The Hall–Kier alpha value is -1.39. The first-order valence-electron chi connectivity index (χ1n) is 8.68. The fourth-order valence-corrected chi connectivity index (χ4v) is 3.33. The molecule has 1 aromatic rings. The Morgan fingerprint density at radius 3 is 2.70 bits per heavy atom. The van der Waals surface area contributed by atoms with Crippen molar-refractivity contribution in [2.75, 3.05) is 33.4 Å². The molecule has 1 aliphatic heterocycles. The second-order valence-corrected chi connectivity index (χ2v) is 6.83. The van der Waals surface area contributed by atoms with Crippen LogP contribution < -0.4 is 0 Å². The molecule has 126 valence electrons. The van der Waals surface area contributed by atoms with Gasteiger partial charge < -0.3 is 14.4 Å². The molecule has 2 fully saturated rings. The highest BCUT2D eigenvalue weighted by molar-refractivity contribution is 5.77. The summed E-state index contributed by atoms with van der Waals surface area (Å²) in [5.74, 6) is 1.23. The van der Waals surface area contributed by atoms with E-state index in [1.807, 2.05) is 11.0 Å². The lowest BCUT2D eigenvalue weighted by atomic mass is 9.88. The smallest absolute Gasteiger partial charge is 0.248 e. The summed E-state index contributed by atoms with van der Waals surface area (Å²) in [7, 11) is 1.57. The van der Waals surface area contributed by atoms with E-state index < -0.39 is 0 Å². The van der Waals surface area contributed by atoms with E-state index in [9.17, 15) is 4.79 Å². The van der Waals surface area contributed by atoms with E-state index in [1.54, 1.807) is 7.11 Å².